The fraction of sp³-hybridized carbons (Fsp3) is 1.00. The van der Waals surface area contributed by atoms with Crippen LogP contribution in [0.3, 0.4) is 0 Å². The van der Waals surface area contributed by atoms with Crippen LogP contribution in [0.2, 0.25) is 0 Å². The Hall–Kier alpha value is -0.0400. The number of fused-ring (bicyclic) bond motifs is 1. The Morgan fingerprint density at radius 2 is 1.88 bits per heavy atom. The molecule has 17 heavy (non-hydrogen) atoms. The lowest BCUT2D eigenvalue weighted by molar-refractivity contribution is -0.0991. The Bertz CT molecular complexity index is 276. The van der Waals surface area contributed by atoms with Crippen LogP contribution >= 0.6 is 0 Å². The van der Waals surface area contributed by atoms with E-state index in [1.807, 2.05) is 0 Å². The van der Waals surface area contributed by atoms with Gasteiger partial charge in [0.05, 0.1) is 0 Å². The van der Waals surface area contributed by atoms with Gasteiger partial charge in [0, 0.05) is 8.03 Å². The van der Waals surface area contributed by atoms with Crippen molar-refractivity contribution in [1.29, 1.82) is 0 Å². The molecule has 2 rings (SSSR count). The van der Waals surface area contributed by atoms with Gasteiger partial charge < -0.3 is 5.11 Å². The molecule has 0 amide bonds. The van der Waals surface area contributed by atoms with Crippen molar-refractivity contribution in [2.45, 2.75) is 66.2 Å². The molecule has 0 radical (unpaired) electrons. The molecule has 0 bridgehead atoms. The van der Waals surface area contributed by atoms with Gasteiger partial charge in [-0.1, -0.05) is 40.5 Å². The van der Waals surface area contributed by atoms with Gasteiger partial charge in [-0.25, -0.2) is 0 Å². The SMILES string of the molecule is CC1CC[C@H]2C(C)(C)CCC[C@]2(C)C1CCO.[HH]. The van der Waals surface area contributed by atoms with E-state index < -0.39 is 0 Å². The van der Waals surface area contributed by atoms with Crippen LogP contribution in [-0.4, -0.2) is 11.7 Å². The first-order chi connectivity index (χ1) is 7.92. The average Bonchev–Trinajstić information content (AvgIpc) is 2.22. The van der Waals surface area contributed by atoms with Gasteiger partial charge >= 0.3 is 0 Å². The van der Waals surface area contributed by atoms with Crippen LogP contribution in [0.1, 0.15) is 67.6 Å². The molecular formula is C16H32O. The van der Waals surface area contributed by atoms with Crippen LogP contribution in [0.4, 0.5) is 0 Å². The third kappa shape index (κ3) is 2.16. The molecule has 102 valence electrons. The van der Waals surface area contributed by atoms with Crippen molar-refractivity contribution in [3.8, 4) is 0 Å². The predicted octanol–water partition coefficient (Wildman–Crippen LogP) is 4.49. The maximum Gasteiger partial charge on any atom is 0.0433 e. The quantitative estimate of drug-likeness (QED) is 0.754. The zero-order chi connectivity index (χ0) is 12.7. The molecule has 2 aliphatic carbocycles. The molecule has 0 saturated heterocycles. The van der Waals surface area contributed by atoms with E-state index >= 15 is 0 Å². The summed E-state index contributed by atoms with van der Waals surface area (Å²) >= 11 is 0. The maximum atomic E-state index is 9.37. The van der Waals surface area contributed by atoms with Crippen LogP contribution in [0.25, 0.3) is 0 Å². The van der Waals surface area contributed by atoms with E-state index in [1.165, 1.54) is 32.1 Å². The lowest BCUT2D eigenvalue weighted by Gasteiger charge is -2.59. The van der Waals surface area contributed by atoms with Crippen LogP contribution in [0.15, 0.2) is 0 Å². The van der Waals surface area contributed by atoms with Gasteiger partial charge in [-0.3, -0.25) is 0 Å². The van der Waals surface area contributed by atoms with Crippen molar-refractivity contribution in [2.75, 3.05) is 6.61 Å². The van der Waals surface area contributed by atoms with E-state index in [0.29, 0.717) is 17.4 Å². The van der Waals surface area contributed by atoms with Gasteiger partial charge in [-0.15, -0.1) is 0 Å². The molecule has 2 fully saturated rings. The molecule has 0 aromatic carbocycles. The summed E-state index contributed by atoms with van der Waals surface area (Å²) in [4.78, 5) is 0. The van der Waals surface area contributed by atoms with Crippen LogP contribution in [0.5, 0.6) is 0 Å². The van der Waals surface area contributed by atoms with E-state index in [2.05, 4.69) is 27.7 Å². The average molecular weight is 240 g/mol. The molecule has 2 aliphatic rings. The Balaban J connectivity index is 0.00000162. The second-order valence-corrected chi connectivity index (χ2v) is 7.57. The zero-order valence-electron chi connectivity index (χ0n) is 12.1. The standard InChI is InChI=1S/C16H30O.H2/c1-12-6-7-14-15(2,3)9-5-10-16(14,4)13(12)8-11-17;/h12-14,17H,5-11H2,1-4H3;1H/t12?,13?,14-,16+;/m0./s1. The van der Waals surface area contributed by atoms with Gasteiger partial charge in [-0.05, 0) is 54.3 Å². The van der Waals surface area contributed by atoms with Crippen molar-refractivity contribution in [3.05, 3.63) is 0 Å². The topological polar surface area (TPSA) is 20.2 Å². The first-order valence-electron chi connectivity index (χ1n) is 7.52. The normalized spacial score (nSPS) is 45.4. The number of aliphatic hydroxyl groups is 1. The van der Waals surface area contributed by atoms with Crippen LogP contribution in [-0.2, 0) is 0 Å². The lowest BCUT2D eigenvalue weighted by Crippen LogP contribution is -2.51. The highest BCUT2D eigenvalue weighted by atomic mass is 16.3. The van der Waals surface area contributed by atoms with Crippen molar-refractivity contribution in [3.63, 3.8) is 0 Å². The molecule has 0 heterocycles. The molecule has 0 aliphatic heterocycles. The summed E-state index contributed by atoms with van der Waals surface area (Å²) in [7, 11) is 0. The second kappa shape index (κ2) is 4.57. The minimum atomic E-state index is 0. The molecular weight excluding hydrogens is 208 g/mol. The molecule has 1 N–H and O–H groups in total. The number of rotatable bonds is 2. The smallest absolute Gasteiger partial charge is 0.0433 e. The van der Waals surface area contributed by atoms with Crippen LogP contribution < -0.4 is 0 Å². The van der Waals surface area contributed by atoms with Gasteiger partial charge in [0.1, 0.15) is 0 Å². The summed E-state index contributed by atoms with van der Waals surface area (Å²) in [5.41, 5.74) is 1.00. The second-order valence-electron chi connectivity index (χ2n) is 7.57. The van der Waals surface area contributed by atoms with E-state index in [9.17, 15) is 5.11 Å². The molecule has 1 nitrogen and oxygen atoms in total. The largest absolute Gasteiger partial charge is 0.396 e. The molecule has 0 spiro atoms. The van der Waals surface area contributed by atoms with Gasteiger partial charge in [0.2, 0.25) is 0 Å². The Kier molecular flexibility index (Phi) is 3.60. The molecule has 1 heteroatoms. The summed E-state index contributed by atoms with van der Waals surface area (Å²) in [5.74, 6) is 2.42. The third-order valence-electron chi connectivity index (χ3n) is 6.16. The lowest BCUT2D eigenvalue weighted by atomic mass is 9.46. The number of hydrogen-bond donors (Lipinski definition) is 1. The van der Waals surface area contributed by atoms with E-state index in [4.69, 9.17) is 0 Å². The Morgan fingerprint density at radius 1 is 1.18 bits per heavy atom. The predicted molar refractivity (Wildman–Crippen MR) is 74.9 cm³/mol. The minimum absolute atomic E-state index is 0. The highest BCUT2D eigenvalue weighted by Gasteiger charge is 2.53. The fourth-order valence-electron chi connectivity index (χ4n) is 5.36. The number of hydrogen-bond acceptors (Lipinski definition) is 1. The minimum Gasteiger partial charge on any atom is -0.396 e. The fourth-order valence-corrected chi connectivity index (χ4v) is 5.36. The molecule has 2 unspecified atom stereocenters. The monoisotopic (exact) mass is 240 g/mol. The Morgan fingerprint density at radius 3 is 2.53 bits per heavy atom. The van der Waals surface area contributed by atoms with E-state index in [0.717, 1.165) is 24.2 Å². The van der Waals surface area contributed by atoms with Gasteiger partial charge in [0.25, 0.3) is 0 Å². The summed E-state index contributed by atoms with van der Waals surface area (Å²) in [6.45, 7) is 10.2. The number of aliphatic hydroxyl groups excluding tert-OH is 1. The molecule has 0 aromatic rings. The highest BCUT2D eigenvalue weighted by molar-refractivity contribution is 5.02. The van der Waals surface area contributed by atoms with Crippen molar-refractivity contribution in [2.24, 2.45) is 28.6 Å². The van der Waals surface area contributed by atoms with Gasteiger partial charge in [0.15, 0.2) is 0 Å². The van der Waals surface area contributed by atoms with E-state index in [1.54, 1.807) is 0 Å². The molecule has 0 aromatic heterocycles. The summed E-state index contributed by atoms with van der Waals surface area (Å²) in [5, 5.41) is 9.37. The highest BCUT2D eigenvalue weighted by Crippen LogP contribution is 2.61. The molecule has 4 atom stereocenters. The van der Waals surface area contributed by atoms with Crippen molar-refractivity contribution < 1.29 is 6.53 Å². The first-order valence-corrected chi connectivity index (χ1v) is 7.52. The summed E-state index contributed by atoms with van der Waals surface area (Å²) < 4.78 is 0. The Labute approximate surface area is 108 Å². The summed E-state index contributed by atoms with van der Waals surface area (Å²) in [6, 6.07) is 0. The maximum absolute atomic E-state index is 9.37. The van der Waals surface area contributed by atoms with Crippen molar-refractivity contribution >= 4 is 0 Å². The van der Waals surface area contributed by atoms with Crippen LogP contribution in [0, 0.1) is 28.6 Å². The van der Waals surface area contributed by atoms with Gasteiger partial charge in [-0.2, -0.15) is 0 Å². The third-order valence-corrected chi connectivity index (χ3v) is 6.16. The zero-order valence-corrected chi connectivity index (χ0v) is 12.1. The summed E-state index contributed by atoms with van der Waals surface area (Å²) in [6.07, 6.45) is 7.96. The molecule has 2 saturated carbocycles. The van der Waals surface area contributed by atoms with Crippen molar-refractivity contribution in [1.82, 2.24) is 0 Å². The van der Waals surface area contributed by atoms with E-state index in [-0.39, 0.29) is 1.43 Å². The first kappa shape index (κ1) is 13.4.